The summed E-state index contributed by atoms with van der Waals surface area (Å²) in [6.07, 6.45) is 9.29. The van der Waals surface area contributed by atoms with Crippen LogP contribution in [0.2, 0.25) is 0 Å². The van der Waals surface area contributed by atoms with E-state index in [2.05, 4.69) is 17.7 Å². The van der Waals surface area contributed by atoms with Gasteiger partial charge in [-0.3, -0.25) is 19.4 Å². The molecule has 1 rings (SSSR count). The standard InChI is InChI=1S/C20H37N3O4/c1-4-5-6-7-8-9-11-16(14-15(2)20(26)27)19(25)23-13-10-12-17(22-23)18(24)21-3/h15-17,22H,4-14H2,1-3H3,(H,21,24)(H,26,27)/t15-,16+,17-/m0/s1. The summed E-state index contributed by atoms with van der Waals surface area (Å²) in [7, 11) is 1.58. The lowest BCUT2D eigenvalue weighted by Crippen LogP contribution is -2.58. The minimum atomic E-state index is -0.870. The van der Waals surface area contributed by atoms with Crippen molar-refractivity contribution in [1.29, 1.82) is 0 Å². The summed E-state index contributed by atoms with van der Waals surface area (Å²) in [5, 5.41) is 13.4. The third-order valence-electron chi connectivity index (χ3n) is 5.33. The van der Waals surface area contributed by atoms with E-state index in [1.807, 2.05) is 0 Å². The van der Waals surface area contributed by atoms with Crippen LogP contribution in [0.5, 0.6) is 0 Å². The molecule has 7 heteroatoms. The van der Waals surface area contributed by atoms with Gasteiger partial charge in [0.05, 0.1) is 5.92 Å². The Morgan fingerprint density at radius 3 is 2.48 bits per heavy atom. The normalized spacial score (nSPS) is 19.4. The molecule has 3 N–H and O–H groups in total. The summed E-state index contributed by atoms with van der Waals surface area (Å²) in [5.74, 6) is -1.95. The molecule has 0 aromatic heterocycles. The van der Waals surface area contributed by atoms with E-state index >= 15 is 0 Å². The molecule has 1 aliphatic heterocycles. The highest BCUT2D eigenvalue weighted by molar-refractivity contribution is 5.83. The molecule has 2 amide bonds. The Hall–Kier alpha value is -1.63. The lowest BCUT2D eigenvalue weighted by molar-refractivity contribution is -0.146. The maximum atomic E-state index is 13.0. The third kappa shape index (κ3) is 8.28. The first-order chi connectivity index (χ1) is 12.9. The van der Waals surface area contributed by atoms with E-state index in [9.17, 15) is 19.5 Å². The Balaban J connectivity index is 2.64. The number of hydrogen-bond acceptors (Lipinski definition) is 4. The average Bonchev–Trinajstić information content (AvgIpc) is 2.68. The first-order valence-electron chi connectivity index (χ1n) is 10.4. The number of carboxylic acids is 1. The number of nitrogens with zero attached hydrogens (tertiary/aromatic N) is 1. The van der Waals surface area contributed by atoms with E-state index in [1.165, 1.54) is 19.3 Å². The highest BCUT2D eigenvalue weighted by atomic mass is 16.4. The van der Waals surface area contributed by atoms with Crippen molar-refractivity contribution in [3.8, 4) is 0 Å². The Morgan fingerprint density at radius 2 is 1.85 bits per heavy atom. The highest BCUT2D eigenvalue weighted by Gasteiger charge is 2.32. The minimum absolute atomic E-state index is 0.0785. The molecule has 0 saturated carbocycles. The molecule has 7 nitrogen and oxygen atoms in total. The molecular weight excluding hydrogens is 346 g/mol. The molecule has 1 aliphatic rings. The van der Waals surface area contributed by atoms with E-state index in [0.717, 1.165) is 25.7 Å². The number of aliphatic carboxylic acids is 1. The third-order valence-corrected chi connectivity index (χ3v) is 5.33. The number of nitrogens with one attached hydrogen (secondary N) is 2. The molecule has 0 aromatic carbocycles. The first-order valence-corrected chi connectivity index (χ1v) is 10.4. The Morgan fingerprint density at radius 1 is 1.19 bits per heavy atom. The Bertz CT molecular complexity index is 484. The number of amides is 2. The van der Waals surface area contributed by atoms with Crippen LogP contribution in [0.15, 0.2) is 0 Å². The van der Waals surface area contributed by atoms with Crippen LogP contribution in [0.25, 0.3) is 0 Å². The van der Waals surface area contributed by atoms with E-state index < -0.39 is 17.9 Å². The Kier molecular flexibility index (Phi) is 11.0. The lowest BCUT2D eigenvalue weighted by Gasteiger charge is -2.35. The molecule has 0 aromatic rings. The topological polar surface area (TPSA) is 98.7 Å². The molecule has 0 radical (unpaired) electrons. The van der Waals surface area contributed by atoms with Crippen molar-refractivity contribution in [2.75, 3.05) is 13.6 Å². The fraction of sp³-hybridized carbons (Fsp3) is 0.850. The molecule has 156 valence electrons. The quantitative estimate of drug-likeness (QED) is 0.450. The average molecular weight is 384 g/mol. The van der Waals surface area contributed by atoms with E-state index in [1.54, 1.807) is 19.0 Å². The van der Waals surface area contributed by atoms with Gasteiger partial charge in [0.15, 0.2) is 0 Å². The van der Waals surface area contributed by atoms with Gasteiger partial charge >= 0.3 is 5.97 Å². The van der Waals surface area contributed by atoms with Crippen LogP contribution < -0.4 is 10.7 Å². The number of rotatable bonds is 12. The van der Waals surface area contributed by atoms with Gasteiger partial charge in [-0.1, -0.05) is 52.4 Å². The van der Waals surface area contributed by atoms with Crippen molar-refractivity contribution in [2.45, 2.75) is 84.1 Å². The second-order valence-corrected chi connectivity index (χ2v) is 7.66. The van der Waals surface area contributed by atoms with E-state index in [-0.39, 0.29) is 17.7 Å². The summed E-state index contributed by atoms with van der Waals surface area (Å²) >= 11 is 0. The predicted molar refractivity (Wildman–Crippen MR) is 105 cm³/mol. The summed E-state index contributed by atoms with van der Waals surface area (Å²) in [5.41, 5.74) is 3.03. The van der Waals surface area contributed by atoms with Crippen LogP contribution in [0, 0.1) is 11.8 Å². The fourth-order valence-electron chi connectivity index (χ4n) is 3.57. The monoisotopic (exact) mass is 383 g/mol. The number of carbonyl (C=O) groups is 3. The first kappa shape index (κ1) is 23.4. The second kappa shape index (κ2) is 12.7. The second-order valence-electron chi connectivity index (χ2n) is 7.66. The summed E-state index contributed by atoms with van der Waals surface area (Å²) < 4.78 is 0. The van der Waals surface area contributed by atoms with Crippen LogP contribution in [0.1, 0.15) is 78.1 Å². The number of carboxylic acid groups (broad SMARTS) is 1. The van der Waals surface area contributed by atoms with Crippen LogP contribution in [-0.2, 0) is 14.4 Å². The van der Waals surface area contributed by atoms with E-state index in [4.69, 9.17) is 0 Å². The molecule has 1 heterocycles. The van der Waals surface area contributed by atoms with Crippen molar-refractivity contribution < 1.29 is 19.5 Å². The lowest BCUT2D eigenvalue weighted by atomic mass is 9.89. The van der Waals surface area contributed by atoms with Gasteiger partial charge in [0.2, 0.25) is 11.8 Å². The molecule has 0 spiro atoms. The zero-order valence-corrected chi connectivity index (χ0v) is 17.1. The highest BCUT2D eigenvalue weighted by Crippen LogP contribution is 2.23. The number of hydrogen-bond donors (Lipinski definition) is 3. The molecule has 0 aliphatic carbocycles. The van der Waals surface area contributed by atoms with Crippen molar-refractivity contribution in [3.63, 3.8) is 0 Å². The molecule has 27 heavy (non-hydrogen) atoms. The smallest absolute Gasteiger partial charge is 0.306 e. The van der Waals surface area contributed by atoms with Crippen LogP contribution in [0.3, 0.4) is 0 Å². The van der Waals surface area contributed by atoms with E-state index in [0.29, 0.717) is 25.8 Å². The van der Waals surface area contributed by atoms with Gasteiger partial charge in [0.25, 0.3) is 0 Å². The molecular formula is C20H37N3O4. The maximum Gasteiger partial charge on any atom is 0.306 e. The molecule has 1 saturated heterocycles. The molecule has 0 unspecified atom stereocenters. The predicted octanol–water partition coefficient (Wildman–Crippen LogP) is 2.71. The van der Waals surface area contributed by atoms with Gasteiger partial charge in [-0.15, -0.1) is 0 Å². The van der Waals surface area contributed by atoms with Crippen LogP contribution in [-0.4, -0.2) is 47.5 Å². The molecule has 3 atom stereocenters. The van der Waals surface area contributed by atoms with Crippen LogP contribution in [0.4, 0.5) is 0 Å². The van der Waals surface area contributed by atoms with Crippen molar-refractivity contribution in [1.82, 2.24) is 15.8 Å². The fourth-order valence-corrected chi connectivity index (χ4v) is 3.57. The number of hydrazine groups is 1. The van der Waals surface area contributed by atoms with Gasteiger partial charge < -0.3 is 10.4 Å². The SMILES string of the molecule is CCCCCCCC[C@H](C[C@H](C)C(=O)O)C(=O)N1CCC[C@@H](C(=O)NC)N1. The summed E-state index contributed by atoms with van der Waals surface area (Å²) in [4.78, 5) is 36.2. The minimum Gasteiger partial charge on any atom is -0.481 e. The number of unbranched alkanes of at least 4 members (excludes halogenated alkanes) is 5. The summed E-state index contributed by atoms with van der Waals surface area (Å²) in [6, 6.07) is -0.403. The van der Waals surface area contributed by atoms with Gasteiger partial charge in [0.1, 0.15) is 6.04 Å². The van der Waals surface area contributed by atoms with Crippen molar-refractivity contribution in [2.24, 2.45) is 11.8 Å². The van der Waals surface area contributed by atoms with Gasteiger partial charge in [0, 0.05) is 19.5 Å². The van der Waals surface area contributed by atoms with Crippen molar-refractivity contribution in [3.05, 3.63) is 0 Å². The maximum absolute atomic E-state index is 13.0. The molecule has 1 fully saturated rings. The summed E-state index contributed by atoms with van der Waals surface area (Å²) in [6.45, 7) is 4.39. The molecule has 0 bridgehead atoms. The number of carbonyl (C=O) groups excluding carboxylic acids is 2. The number of likely N-dealkylation sites (N-methyl/N-ethyl adjacent to an activating group) is 1. The van der Waals surface area contributed by atoms with Crippen molar-refractivity contribution >= 4 is 17.8 Å². The van der Waals surface area contributed by atoms with Crippen LogP contribution >= 0.6 is 0 Å². The largest absolute Gasteiger partial charge is 0.481 e. The zero-order chi connectivity index (χ0) is 20.2. The van der Waals surface area contributed by atoms with Gasteiger partial charge in [-0.05, 0) is 25.7 Å². The Labute approximate surface area is 163 Å². The van der Waals surface area contributed by atoms with Gasteiger partial charge in [-0.2, -0.15) is 0 Å². The zero-order valence-electron chi connectivity index (χ0n) is 17.1. The van der Waals surface area contributed by atoms with Gasteiger partial charge in [-0.25, -0.2) is 5.43 Å².